The third-order valence-electron chi connectivity index (χ3n) is 3.53. The second-order valence-corrected chi connectivity index (χ2v) is 4.40. The summed E-state index contributed by atoms with van der Waals surface area (Å²) in [5.41, 5.74) is 1.14. The Bertz CT molecular complexity index is 466. The number of nitrogens with zero attached hydrogens (tertiary/aromatic N) is 1. The van der Waals surface area contributed by atoms with Crippen molar-refractivity contribution < 1.29 is 9.90 Å². The minimum Gasteiger partial charge on any atom is -0.506 e. The van der Waals surface area contributed by atoms with Crippen molar-refractivity contribution in [2.45, 2.75) is 25.3 Å². The SMILES string of the molecule is CCN1c2cccc(O)c2NC(=O)C12CC2. The lowest BCUT2D eigenvalue weighted by atomic mass is 10.1. The van der Waals surface area contributed by atoms with Crippen molar-refractivity contribution in [1.29, 1.82) is 0 Å². The summed E-state index contributed by atoms with van der Waals surface area (Å²) < 4.78 is 0. The number of hydrogen-bond acceptors (Lipinski definition) is 3. The molecule has 2 aliphatic rings. The van der Waals surface area contributed by atoms with Gasteiger partial charge in [-0.1, -0.05) is 6.07 Å². The molecule has 1 heterocycles. The summed E-state index contributed by atoms with van der Waals surface area (Å²) in [6, 6.07) is 5.35. The molecule has 0 bridgehead atoms. The van der Waals surface area contributed by atoms with E-state index in [4.69, 9.17) is 0 Å². The molecule has 1 amide bonds. The molecular formula is C12H14N2O2. The molecule has 0 unspecified atom stereocenters. The maximum absolute atomic E-state index is 12.0. The van der Waals surface area contributed by atoms with Crippen LogP contribution in [-0.2, 0) is 4.79 Å². The summed E-state index contributed by atoms with van der Waals surface area (Å²) in [6.07, 6.45) is 1.81. The number of likely N-dealkylation sites (N-methyl/N-ethyl adjacent to an activating group) is 1. The standard InChI is InChI=1S/C12H14N2O2/c1-2-14-8-4-3-5-9(15)10(8)13-11(16)12(14)6-7-12/h3-5,15H,2,6-7H2,1H3,(H,13,16). The van der Waals surface area contributed by atoms with Crippen LogP contribution in [0.5, 0.6) is 5.75 Å². The molecule has 1 spiro atoms. The van der Waals surface area contributed by atoms with Gasteiger partial charge < -0.3 is 15.3 Å². The first-order valence-electron chi connectivity index (χ1n) is 5.60. The minimum atomic E-state index is -0.338. The van der Waals surface area contributed by atoms with Crippen molar-refractivity contribution in [3.05, 3.63) is 18.2 Å². The molecule has 1 aromatic carbocycles. The largest absolute Gasteiger partial charge is 0.506 e. The van der Waals surface area contributed by atoms with Gasteiger partial charge >= 0.3 is 0 Å². The van der Waals surface area contributed by atoms with Gasteiger partial charge in [0, 0.05) is 6.54 Å². The van der Waals surface area contributed by atoms with Crippen LogP contribution in [0.1, 0.15) is 19.8 Å². The summed E-state index contributed by atoms with van der Waals surface area (Å²) in [6.45, 7) is 2.82. The fourth-order valence-electron chi connectivity index (χ4n) is 2.55. The fraction of sp³-hybridized carbons (Fsp3) is 0.417. The Hall–Kier alpha value is -1.71. The molecule has 84 valence electrons. The number of rotatable bonds is 1. The average molecular weight is 218 g/mol. The van der Waals surface area contributed by atoms with Crippen molar-refractivity contribution >= 4 is 17.3 Å². The van der Waals surface area contributed by atoms with Crippen LogP contribution in [0.4, 0.5) is 11.4 Å². The number of para-hydroxylation sites is 1. The fourth-order valence-corrected chi connectivity index (χ4v) is 2.55. The van der Waals surface area contributed by atoms with E-state index in [0.717, 1.165) is 25.1 Å². The predicted molar refractivity (Wildman–Crippen MR) is 61.7 cm³/mol. The quantitative estimate of drug-likeness (QED) is 0.705. The molecule has 4 heteroatoms. The van der Waals surface area contributed by atoms with Crippen LogP contribution in [0.3, 0.4) is 0 Å². The monoisotopic (exact) mass is 218 g/mol. The smallest absolute Gasteiger partial charge is 0.250 e. The summed E-state index contributed by atoms with van der Waals surface area (Å²) in [7, 11) is 0. The molecule has 0 saturated heterocycles. The second kappa shape index (κ2) is 2.90. The highest BCUT2D eigenvalue weighted by molar-refractivity contribution is 6.09. The molecule has 3 rings (SSSR count). The lowest BCUT2D eigenvalue weighted by molar-refractivity contribution is -0.118. The number of phenolic OH excluding ortho intramolecular Hbond substituents is 1. The van der Waals surface area contributed by atoms with Gasteiger partial charge in [0.05, 0.1) is 5.69 Å². The van der Waals surface area contributed by atoms with Gasteiger partial charge in [-0.3, -0.25) is 4.79 Å². The molecule has 1 aliphatic heterocycles. The maximum atomic E-state index is 12.0. The molecular weight excluding hydrogens is 204 g/mol. The van der Waals surface area contributed by atoms with Gasteiger partial charge in [-0.2, -0.15) is 0 Å². The highest BCUT2D eigenvalue weighted by Gasteiger charge is 2.57. The van der Waals surface area contributed by atoms with Gasteiger partial charge in [-0.25, -0.2) is 0 Å². The lowest BCUT2D eigenvalue weighted by Gasteiger charge is -2.38. The first-order valence-corrected chi connectivity index (χ1v) is 5.60. The van der Waals surface area contributed by atoms with Crippen LogP contribution < -0.4 is 10.2 Å². The highest BCUT2D eigenvalue weighted by atomic mass is 16.3. The van der Waals surface area contributed by atoms with Crippen LogP contribution in [0, 0.1) is 0 Å². The van der Waals surface area contributed by atoms with Crippen LogP contribution in [0.25, 0.3) is 0 Å². The topological polar surface area (TPSA) is 52.6 Å². The summed E-state index contributed by atoms with van der Waals surface area (Å²) in [4.78, 5) is 14.1. The lowest BCUT2D eigenvalue weighted by Crippen LogP contribution is -2.50. The third kappa shape index (κ3) is 1.01. The first-order chi connectivity index (χ1) is 7.69. The molecule has 0 aromatic heterocycles. The number of aromatic hydroxyl groups is 1. The number of carbonyl (C=O) groups excluding carboxylic acids is 1. The number of benzene rings is 1. The minimum absolute atomic E-state index is 0.0170. The van der Waals surface area contributed by atoms with E-state index in [-0.39, 0.29) is 17.2 Å². The Morgan fingerprint density at radius 2 is 2.25 bits per heavy atom. The van der Waals surface area contributed by atoms with Crippen LogP contribution in [0.2, 0.25) is 0 Å². The summed E-state index contributed by atoms with van der Waals surface area (Å²) in [5, 5.41) is 12.6. The van der Waals surface area contributed by atoms with Crippen LogP contribution in [0.15, 0.2) is 18.2 Å². The first kappa shape index (κ1) is 9.51. The van der Waals surface area contributed by atoms with Crippen molar-refractivity contribution in [2.24, 2.45) is 0 Å². The number of nitrogens with one attached hydrogen (secondary N) is 1. The van der Waals surface area contributed by atoms with E-state index in [2.05, 4.69) is 10.2 Å². The van der Waals surface area contributed by atoms with Gasteiger partial charge in [-0.15, -0.1) is 0 Å². The predicted octanol–water partition coefficient (Wildman–Crippen LogP) is 1.70. The molecule has 16 heavy (non-hydrogen) atoms. The van der Waals surface area contributed by atoms with Crippen LogP contribution in [-0.4, -0.2) is 23.1 Å². The van der Waals surface area contributed by atoms with E-state index in [9.17, 15) is 9.90 Å². The van der Waals surface area contributed by atoms with E-state index in [1.54, 1.807) is 6.07 Å². The third-order valence-corrected chi connectivity index (χ3v) is 3.53. The molecule has 0 radical (unpaired) electrons. The van der Waals surface area contributed by atoms with E-state index >= 15 is 0 Å². The van der Waals surface area contributed by atoms with E-state index in [0.29, 0.717) is 5.69 Å². The molecule has 0 atom stereocenters. The second-order valence-electron chi connectivity index (χ2n) is 4.40. The number of fused-ring (bicyclic) bond motifs is 1. The molecule has 1 aromatic rings. The number of amides is 1. The van der Waals surface area contributed by atoms with Gasteiger partial charge in [0.15, 0.2) is 0 Å². The Balaban J connectivity index is 2.17. The number of anilines is 2. The summed E-state index contributed by atoms with van der Waals surface area (Å²) >= 11 is 0. The van der Waals surface area contributed by atoms with Crippen molar-refractivity contribution in [1.82, 2.24) is 0 Å². The zero-order valence-corrected chi connectivity index (χ0v) is 9.16. The Morgan fingerprint density at radius 1 is 1.50 bits per heavy atom. The van der Waals surface area contributed by atoms with E-state index in [1.807, 2.05) is 19.1 Å². The van der Waals surface area contributed by atoms with E-state index < -0.39 is 0 Å². The Kier molecular flexibility index (Phi) is 1.73. The molecule has 2 N–H and O–H groups in total. The van der Waals surface area contributed by atoms with Gasteiger partial charge in [0.1, 0.15) is 17.0 Å². The van der Waals surface area contributed by atoms with E-state index in [1.165, 1.54) is 0 Å². The Morgan fingerprint density at radius 3 is 2.88 bits per heavy atom. The molecule has 1 aliphatic carbocycles. The van der Waals surface area contributed by atoms with Gasteiger partial charge in [0.25, 0.3) is 0 Å². The number of carbonyl (C=O) groups is 1. The van der Waals surface area contributed by atoms with Crippen molar-refractivity contribution in [2.75, 3.05) is 16.8 Å². The number of phenols is 1. The van der Waals surface area contributed by atoms with Gasteiger partial charge in [0.2, 0.25) is 5.91 Å². The Labute approximate surface area is 93.9 Å². The van der Waals surface area contributed by atoms with Crippen molar-refractivity contribution in [3.63, 3.8) is 0 Å². The molecule has 4 nitrogen and oxygen atoms in total. The van der Waals surface area contributed by atoms with Crippen LogP contribution >= 0.6 is 0 Å². The zero-order valence-electron chi connectivity index (χ0n) is 9.16. The average Bonchev–Trinajstić information content (AvgIpc) is 3.04. The summed E-state index contributed by atoms with van der Waals surface area (Å²) in [5.74, 6) is 0.156. The van der Waals surface area contributed by atoms with Crippen molar-refractivity contribution in [3.8, 4) is 5.75 Å². The number of hydrogen-bond donors (Lipinski definition) is 2. The molecule has 1 saturated carbocycles. The molecule has 1 fully saturated rings. The maximum Gasteiger partial charge on any atom is 0.250 e. The normalized spacial score (nSPS) is 20.6. The van der Waals surface area contributed by atoms with Gasteiger partial charge in [-0.05, 0) is 31.9 Å². The zero-order chi connectivity index (χ0) is 11.3. The highest BCUT2D eigenvalue weighted by Crippen LogP contribution is 2.51.